The van der Waals surface area contributed by atoms with E-state index in [-0.39, 0.29) is 24.5 Å². The summed E-state index contributed by atoms with van der Waals surface area (Å²) in [7, 11) is -3.57. The lowest BCUT2D eigenvalue weighted by Gasteiger charge is -2.29. The van der Waals surface area contributed by atoms with Crippen LogP contribution in [-0.2, 0) is 16.7 Å². The molecule has 1 atom stereocenters. The number of ether oxygens (including phenoxy) is 2. The molecule has 150 valence electrons. The molecule has 1 amide bonds. The number of fused-ring (bicyclic) bond motifs is 1. The highest BCUT2D eigenvalue weighted by Gasteiger charge is 2.23. The van der Waals surface area contributed by atoms with Crippen LogP contribution in [0.5, 0.6) is 17.2 Å². The van der Waals surface area contributed by atoms with Gasteiger partial charge in [0.25, 0.3) is 5.91 Å². The Bertz CT molecular complexity index is 955. The fourth-order valence-corrected chi connectivity index (χ4v) is 3.33. The number of nitrogens with zero attached hydrogens (tertiary/aromatic N) is 1. The summed E-state index contributed by atoms with van der Waals surface area (Å²) in [5, 5.41) is 0. The number of hydrogen-bond acceptors (Lipinski definition) is 6. The SMILES string of the molecule is CCC(C)N(Cc1ccc(OS(C)(=O)=O)cc1)C(=O)c1ccc2c(c1)OCO2. The molecule has 0 saturated carbocycles. The molecule has 8 heteroatoms. The molecular formula is C20H23NO6S. The third kappa shape index (κ3) is 4.75. The highest BCUT2D eigenvalue weighted by atomic mass is 32.2. The molecule has 1 unspecified atom stereocenters. The van der Waals surface area contributed by atoms with E-state index in [1.165, 1.54) is 0 Å². The Morgan fingerprint density at radius 1 is 1.14 bits per heavy atom. The van der Waals surface area contributed by atoms with E-state index in [0.717, 1.165) is 18.2 Å². The third-order valence-electron chi connectivity index (χ3n) is 4.53. The molecule has 7 nitrogen and oxygen atoms in total. The van der Waals surface area contributed by atoms with Gasteiger partial charge in [-0.05, 0) is 49.2 Å². The van der Waals surface area contributed by atoms with Crippen LogP contribution in [-0.4, -0.2) is 38.3 Å². The van der Waals surface area contributed by atoms with Crippen molar-refractivity contribution in [2.75, 3.05) is 13.0 Å². The van der Waals surface area contributed by atoms with Gasteiger partial charge in [-0.1, -0.05) is 19.1 Å². The maximum Gasteiger partial charge on any atom is 0.306 e. The zero-order chi connectivity index (χ0) is 20.3. The quantitative estimate of drug-likeness (QED) is 0.658. The fourth-order valence-electron chi connectivity index (χ4n) is 2.87. The summed E-state index contributed by atoms with van der Waals surface area (Å²) >= 11 is 0. The smallest absolute Gasteiger partial charge is 0.306 e. The van der Waals surface area contributed by atoms with E-state index in [4.69, 9.17) is 13.7 Å². The number of rotatable bonds is 7. The molecule has 0 aliphatic carbocycles. The molecule has 1 aliphatic heterocycles. The molecular weight excluding hydrogens is 382 g/mol. The summed E-state index contributed by atoms with van der Waals surface area (Å²) < 4.78 is 38.0. The molecule has 0 spiro atoms. The van der Waals surface area contributed by atoms with Crippen LogP contribution in [0, 0.1) is 0 Å². The van der Waals surface area contributed by atoms with Crippen molar-refractivity contribution < 1.29 is 26.9 Å². The monoisotopic (exact) mass is 405 g/mol. The first-order valence-electron chi connectivity index (χ1n) is 8.96. The highest BCUT2D eigenvalue weighted by Crippen LogP contribution is 2.33. The van der Waals surface area contributed by atoms with Crippen molar-refractivity contribution >= 4 is 16.0 Å². The van der Waals surface area contributed by atoms with E-state index in [1.54, 1.807) is 47.4 Å². The van der Waals surface area contributed by atoms with Crippen molar-refractivity contribution in [3.63, 3.8) is 0 Å². The number of carbonyl (C=O) groups excluding carboxylic acids is 1. The van der Waals surface area contributed by atoms with Gasteiger partial charge in [-0.3, -0.25) is 4.79 Å². The topological polar surface area (TPSA) is 82.1 Å². The Morgan fingerprint density at radius 2 is 1.82 bits per heavy atom. The maximum atomic E-state index is 13.1. The van der Waals surface area contributed by atoms with Crippen LogP contribution in [0.1, 0.15) is 36.2 Å². The zero-order valence-corrected chi connectivity index (χ0v) is 16.9. The summed E-state index contributed by atoms with van der Waals surface area (Å²) in [6, 6.07) is 11.8. The lowest BCUT2D eigenvalue weighted by atomic mass is 10.1. The normalized spacial score (nSPS) is 13.8. The van der Waals surface area contributed by atoms with Crippen molar-refractivity contribution in [3.8, 4) is 17.2 Å². The molecule has 28 heavy (non-hydrogen) atoms. The molecule has 2 aromatic carbocycles. The first-order chi connectivity index (χ1) is 13.3. The van der Waals surface area contributed by atoms with E-state index < -0.39 is 10.1 Å². The fraction of sp³-hybridized carbons (Fsp3) is 0.350. The molecule has 0 N–H and O–H groups in total. The summed E-state index contributed by atoms with van der Waals surface area (Å²) in [5.41, 5.74) is 1.40. The van der Waals surface area contributed by atoms with Crippen LogP contribution < -0.4 is 13.7 Å². The van der Waals surface area contributed by atoms with Gasteiger partial charge < -0.3 is 18.6 Å². The Kier molecular flexibility index (Phi) is 5.79. The Balaban J connectivity index is 1.79. The van der Waals surface area contributed by atoms with Crippen LogP contribution in [0.2, 0.25) is 0 Å². The Hall–Kier alpha value is -2.74. The highest BCUT2D eigenvalue weighted by molar-refractivity contribution is 7.86. The average Bonchev–Trinajstić information content (AvgIpc) is 3.13. The van der Waals surface area contributed by atoms with Gasteiger partial charge in [0.1, 0.15) is 5.75 Å². The lowest BCUT2D eigenvalue weighted by molar-refractivity contribution is 0.0671. The van der Waals surface area contributed by atoms with Gasteiger partial charge in [-0.15, -0.1) is 0 Å². The van der Waals surface area contributed by atoms with Crippen molar-refractivity contribution in [3.05, 3.63) is 53.6 Å². The first kappa shape index (κ1) is 20.0. The van der Waals surface area contributed by atoms with Crippen molar-refractivity contribution in [2.45, 2.75) is 32.9 Å². The van der Waals surface area contributed by atoms with Crippen LogP contribution in [0.3, 0.4) is 0 Å². The summed E-state index contributed by atoms with van der Waals surface area (Å²) in [6.45, 7) is 4.56. The van der Waals surface area contributed by atoms with E-state index in [1.807, 2.05) is 13.8 Å². The van der Waals surface area contributed by atoms with Crippen LogP contribution in [0.25, 0.3) is 0 Å². The molecule has 0 fully saturated rings. The second-order valence-corrected chi connectivity index (χ2v) is 8.26. The molecule has 0 radical (unpaired) electrons. The first-order valence-corrected chi connectivity index (χ1v) is 10.8. The van der Waals surface area contributed by atoms with E-state index in [2.05, 4.69) is 0 Å². The van der Waals surface area contributed by atoms with Crippen molar-refractivity contribution in [1.29, 1.82) is 0 Å². The predicted molar refractivity (Wildman–Crippen MR) is 104 cm³/mol. The van der Waals surface area contributed by atoms with Crippen LogP contribution in [0.15, 0.2) is 42.5 Å². The van der Waals surface area contributed by atoms with Crippen molar-refractivity contribution in [2.24, 2.45) is 0 Å². The number of hydrogen-bond donors (Lipinski definition) is 0. The van der Waals surface area contributed by atoms with Gasteiger partial charge in [0.15, 0.2) is 11.5 Å². The minimum Gasteiger partial charge on any atom is -0.454 e. The molecule has 1 aliphatic rings. The van der Waals surface area contributed by atoms with Gasteiger partial charge in [-0.2, -0.15) is 8.42 Å². The molecule has 0 aromatic heterocycles. The van der Waals surface area contributed by atoms with Crippen LogP contribution in [0.4, 0.5) is 0 Å². The second-order valence-electron chi connectivity index (χ2n) is 6.69. The Morgan fingerprint density at radius 3 is 2.46 bits per heavy atom. The zero-order valence-electron chi connectivity index (χ0n) is 16.0. The summed E-state index contributed by atoms with van der Waals surface area (Å²) in [5.74, 6) is 1.33. The molecule has 1 heterocycles. The average molecular weight is 405 g/mol. The number of carbonyl (C=O) groups is 1. The Labute approximate surface area is 164 Å². The minimum absolute atomic E-state index is 0.0184. The standard InChI is InChI=1S/C20H23NO6S/c1-4-14(2)21(12-15-5-8-17(9-6-15)27-28(3,23)24)20(22)16-7-10-18-19(11-16)26-13-25-18/h5-11,14H,4,12-13H2,1-3H3. The predicted octanol–water partition coefficient (Wildman–Crippen LogP) is 3.19. The van der Waals surface area contributed by atoms with Crippen LogP contribution >= 0.6 is 0 Å². The molecule has 0 bridgehead atoms. The summed E-state index contributed by atoms with van der Waals surface area (Å²) in [4.78, 5) is 14.9. The largest absolute Gasteiger partial charge is 0.454 e. The van der Waals surface area contributed by atoms with Gasteiger partial charge in [0, 0.05) is 18.2 Å². The van der Waals surface area contributed by atoms with Crippen molar-refractivity contribution in [1.82, 2.24) is 4.90 Å². The lowest BCUT2D eigenvalue weighted by Crippen LogP contribution is -2.37. The number of amides is 1. The van der Waals surface area contributed by atoms with Gasteiger partial charge >= 0.3 is 10.1 Å². The summed E-state index contributed by atoms with van der Waals surface area (Å²) in [6.07, 6.45) is 1.79. The maximum absolute atomic E-state index is 13.1. The third-order valence-corrected chi connectivity index (χ3v) is 5.02. The van der Waals surface area contributed by atoms with Gasteiger partial charge in [-0.25, -0.2) is 0 Å². The van der Waals surface area contributed by atoms with E-state index in [9.17, 15) is 13.2 Å². The molecule has 2 aromatic rings. The second kappa shape index (κ2) is 8.10. The molecule has 3 rings (SSSR count). The minimum atomic E-state index is -3.57. The number of benzene rings is 2. The van der Waals surface area contributed by atoms with E-state index in [0.29, 0.717) is 23.6 Å². The van der Waals surface area contributed by atoms with Gasteiger partial charge in [0.2, 0.25) is 6.79 Å². The van der Waals surface area contributed by atoms with Gasteiger partial charge in [0.05, 0.1) is 6.26 Å². The molecule has 0 saturated heterocycles. The van der Waals surface area contributed by atoms with E-state index >= 15 is 0 Å².